The van der Waals surface area contributed by atoms with E-state index in [-0.39, 0.29) is 5.56 Å². The summed E-state index contributed by atoms with van der Waals surface area (Å²) in [7, 11) is 0. The lowest BCUT2D eigenvalue weighted by Crippen LogP contribution is -2.23. The van der Waals surface area contributed by atoms with E-state index in [1.807, 2.05) is 0 Å². The van der Waals surface area contributed by atoms with Crippen LogP contribution in [0.3, 0.4) is 0 Å². The summed E-state index contributed by atoms with van der Waals surface area (Å²) in [6.07, 6.45) is 0.489. The summed E-state index contributed by atoms with van der Waals surface area (Å²) in [6.45, 7) is 0. The number of carbonyl (C=O) groups is 2. The Labute approximate surface area is 146 Å². The summed E-state index contributed by atoms with van der Waals surface area (Å²) in [5.74, 6) is -1.85. The number of Topliss-reactive ketones (excluding diaryl/α,β-unsaturated/α-hetero) is 1. The van der Waals surface area contributed by atoms with Gasteiger partial charge in [-0.1, -0.05) is 12.1 Å². The number of aromatic nitrogens is 2. The second-order valence-electron chi connectivity index (χ2n) is 5.38. The number of imidazole rings is 1. The van der Waals surface area contributed by atoms with Gasteiger partial charge in [0.1, 0.15) is 0 Å². The molecule has 0 radical (unpaired) electrons. The standard InChI is InChI=1S/C18H12F3N3O2/c19-18(20,21)13-3-1-12(2-4-13)16(25)17(26)23-14-5-7-15(8-6-14)24-10-9-22-11-24/h1-11H,(H,23,26). The summed E-state index contributed by atoms with van der Waals surface area (Å²) in [5, 5.41) is 2.42. The van der Waals surface area contributed by atoms with Crippen molar-refractivity contribution >= 4 is 17.4 Å². The summed E-state index contributed by atoms with van der Waals surface area (Å²) < 4.78 is 39.4. The van der Waals surface area contributed by atoms with Gasteiger partial charge in [-0.3, -0.25) is 9.59 Å². The van der Waals surface area contributed by atoms with Gasteiger partial charge in [-0.25, -0.2) is 4.98 Å². The van der Waals surface area contributed by atoms with E-state index in [4.69, 9.17) is 0 Å². The Bertz CT molecular complexity index is 916. The van der Waals surface area contributed by atoms with Crippen LogP contribution in [-0.4, -0.2) is 21.2 Å². The van der Waals surface area contributed by atoms with Gasteiger partial charge in [-0.15, -0.1) is 0 Å². The number of hydrogen-bond donors (Lipinski definition) is 1. The third-order valence-corrected chi connectivity index (χ3v) is 3.61. The maximum absolute atomic E-state index is 12.5. The van der Waals surface area contributed by atoms with Crippen molar-refractivity contribution < 1.29 is 22.8 Å². The van der Waals surface area contributed by atoms with Gasteiger partial charge in [-0.05, 0) is 36.4 Å². The largest absolute Gasteiger partial charge is 0.416 e. The first-order valence-electron chi connectivity index (χ1n) is 7.46. The zero-order valence-corrected chi connectivity index (χ0v) is 13.2. The molecule has 0 fully saturated rings. The Balaban J connectivity index is 1.68. The van der Waals surface area contributed by atoms with Gasteiger partial charge in [0, 0.05) is 29.3 Å². The number of anilines is 1. The highest BCUT2D eigenvalue weighted by atomic mass is 19.4. The van der Waals surface area contributed by atoms with Crippen LogP contribution in [0.15, 0.2) is 67.3 Å². The first kappa shape index (κ1) is 17.4. The number of ketones is 1. The molecule has 132 valence electrons. The second-order valence-corrected chi connectivity index (χ2v) is 5.38. The highest BCUT2D eigenvalue weighted by molar-refractivity contribution is 6.46. The molecule has 0 atom stereocenters. The van der Waals surface area contributed by atoms with E-state index in [9.17, 15) is 22.8 Å². The number of rotatable bonds is 4. The van der Waals surface area contributed by atoms with Crippen LogP contribution in [-0.2, 0) is 11.0 Å². The van der Waals surface area contributed by atoms with Crippen molar-refractivity contribution in [3.63, 3.8) is 0 Å². The molecule has 0 aliphatic heterocycles. The fraction of sp³-hybridized carbons (Fsp3) is 0.0556. The Kier molecular flexibility index (Phi) is 4.57. The van der Waals surface area contributed by atoms with Gasteiger partial charge >= 0.3 is 6.18 Å². The third kappa shape index (κ3) is 3.80. The smallest absolute Gasteiger partial charge is 0.319 e. The molecule has 0 saturated heterocycles. The van der Waals surface area contributed by atoms with E-state index >= 15 is 0 Å². The maximum atomic E-state index is 12.5. The van der Waals surface area contributed by atoms with Crippen LogP contribution >= 0.6 is 0 Å². The van der Waals surface area contributed by atoms with E-state index in [2.05, 4.69) is 10.3 Å². The molecule has 0 spiro atoms. The van der Waals surface area contributed by atoms with Crippen LogP contribution in [0.1, 0.15) is 15.9 Å². The molecule has 0 saturated carbocycles. The monoisotopic (exact) mass is 359 g/mol. The maximum Gasteiger partial charge on any atom is 0.416 e. The van der Waals surface area contributed by atoms with Crippen molar-refractivity contribution in [3.05, 3.63) is 78.4 Å². The highest BCUT2D eigenvalue weighted by Gasteiger charge is 2.30. The fourth-order valence-corrected chi connectivity index (χ4v) is 2.26. The van der Waals surface area contributed by atoms with Crippen molar-refractivity contribution in [2.24, 2.45) is 0 Å². The molecule has 26 heavy (non-hydrogen) atoms. The number of nitrogens with one attached hydrogen (secondary N) is 1. The quantitative estimate of drug-likeness (QED) is 0.570. The number of halogens is 3. The van der Waals surface area contributed by atoms with Crippen LogP contribution in [0.2, 0.25) is 0 Å². The molecule has 1 heterocycles. The molecule has 2 aromatic carbocycles. The van der Waals surface area contributed by atoms with Crippen LogP contribution < -0.4 is 5.32 Å². The van der Waals surface area contributed by atoms with Crippen molar-refractivity contribution in [3.8, 4) is 5.69 Å². The first-order chi connectivity index (χ1) is 12.3. The number of alkyl halides is 3. The van der Waals surface area contributed by atoms with E-state index in [0.29, 0.717) is 5.69 Å². The molecule has 0 aliphatic rings. The van der Waals surface area contributed by atoms with Crippen LogP contribution in [0.25, 0.3) is 5.69 Å². The molecule has 0 aliphatic carbocycles. The zero-order chi connectivity index (χ0) is 18.7. The van der Waals surface area contributed by atoms with E-state index in [0.717, 1.165) is 30.0 Å². The minimum Gasteiger partial charge on any atom is -0.319 e. The van der Waals surface area contributed by atoms with Gasteiger partial charge in [0.2, 0.25) is 0 Å². The topological polar surface area (TPSA) is 64.0 Å². The lowest BCUT2D eigenvalue weighted by Gasteiger charge is -2.08. The summed E-state index contributed by atoms with van der Waals surface area (Å²) in [6, 6.07) is 10.1. The number of amides is 1. The number of hydrogen-bond acceptors (Lipinski definition) is 3. The molecule has 3 aromatic rings. The van der Waals surface area contributed by atoms with Gasteiger partial charge in [0.05, 0.1) is 11.9 Å². The van der Waals surface area contributed by atoms with Crippen molar-refractivity contribution in [1.82, 2.24) is 9.55 Å². The summed E-state index contributed by atoms with van der Waals surface area (Å²) in [5.41, 5.74) is 0.198. The van der Waals surface area contributed by atoms with Gasteiger partial charge in [0.25, 0.3) is 11.7 Å². The third-order valence-electron chi connectivity index (χ3n) is 3.61. The predicted octanol–water partition coefficient (Wildman–Crippen LogP) is 3.71. The minimum absolute atomic E-state index is 0.120. The molecule has 1 amide bonds. The average Bonchev–Trinajstić information content (AvgIpc) is 3.16. The summed E-state index contributed by atoms with van der Waals surface area (Å²) in [4.78, 5) is 28.0. The van der Waals surface area contributed by atoms with Crippen LogP contribution in [0.5, 0.6) is 0 Å². The lowest BCUT2D eigenvalue weighted by molar-refractivity contribution is -0.137. The minimum atomic E-state index is -4.50. The van der Waals surface area contributed by atoms with Gasteiger partial charge in [-0.2, -0.15) is 13.2 Å². The number of carbonyl (C=O) groups excluding carboxylic acids is 2. The van der Waals surface area contributed by atoms with Crippen LogP contribution in [0, 0.1) is 0 Å². The molecule has 1 N–H and O–H groups in total. The van der Waals surface area contributed by atoms with Crippen molar-refractivity contribution in [2.45, 2.75) is 6.18 Å². The zero-order valence-electron chi connectivity index (χ0n) is 13.2. The molecular formula is C18H12F3N3O2. The molecule has 0 unspecified atom stereocenters. The molecule has 5 nitrogen and oxygen atoms in total. The van der Waals surface area contributed by atoms with Crippen LogP contribution in [0.4, 0.5) is 18.9 Å². The second kappa shape index (κ2) is 6.83. The van der Waals surface area contributed by atoms with E-state index < -0.39 is 23.4 Å². The lowest BCUT2D eigenvalue weighted by atomic mass is 10.1. The Morgan fingerprint density at radius 3 is 2.15 bits per heavy atom. The molecule has 1 aromatic heterocycles. The van der Waals surface area contributed by atoms with Gasteiger partial charge < -0.3 is 9.88 Å². The van der Waals surface area contributed by atoms with E-state index in [1.165, 1.54) is 0 Å². The predicted molar refractivity (Wildman–Crippen MR) is 88.0 cm³/mol. The normalized spacial score (nSPS) is 11.2. The fourth-order valence-electron chi connectivity index (χ4n) is 2.26. The van der Waals surface area contributed by atoms with Crippen molar-refractivity contribution in [2.75, 3.05) is 5.32 Å². The Morgan fingerprint density at radius 2 is 1.62 bits per heavy atom. The first-order valence-corrected chi connectivity index (χ1v) is 7.46. The highest BCUT2D eigenvalue weighted by Crippen LogP contribution is 2.29. The van der Waals surface area contributed by atoms with Crippen molar-refractivity contribution in [1.29, 1.82) is 0 Å². The Morgan fingerprint density at radius 1 is 0.962 bits per heavy atom. The molecule has 3 rings (SSSR count). The molecule has 8 heteroatoms. The molecular weight excluding hydrogens is 347 g/mol. The average molecular weight is 359 g/mol. The van der Waals surface area contributed by atoms with Gasteiger partial charge in [0.15, 0.2) is 0 Å². The number of benzene rings is 2. The summed E-state index contributed by atoms with van der Waals surface area (Å²) >= 11 is 0. The molecule has 0 bridgehead atoms. The Hall–Kier alpha value is -3.42. The van der Waals surface area contributed by atoms with E-state index in [1.54, 1.807) is 47.6 Å². The SMILES string of the molecule is O=C(Nc1ccc(-n2ccnc2)cc1)C(=O)c1ccc(C(F)(F)F)cc1. The number of nitrogens with zero attached hydrogens (tertiary/aromatic N) is 2.